The van der Waals surface area contributed by atoms with Crippen LogP contribution in [0.25, 0.3) is 0 Å². The van der Waals surface area contributed by atoms with Gasteiger partial charge in [0.25, 0.3) is 5.69 Å². The smallest absolute Gasteiger partial charge is 0.292 e. The average molecular weight is 281 g/mol. The zero-order valence-corrected chi connectivity index (χ0v) is 11.6. The first kappa shape index (κ1) is 14.7. The maximum atomic E-state index is 13.2. The molecule has 1 aliphatic heterocycles. The van der Waals surface area contributed by atoms with Crippen molar-refractivity contribution in [3.8, 4) is 0 Å². The van der Waals surface area contributed by atoms with Crippen LogP contribution in [0.1, 0.15) is 26.2 Å². The van der Waals surface area contributed by atoms with Crippen molar-refractivity contribution >= 4 is 11.4 Å². The van der Waals surface area contributed by atoms with E-state index in [1.165, 1.54) is 31.4 Å². The topological polar surface area (TPSA) is 58.4 Å². The molecule has 0 bridgehead atoms. The van der Waals surface area contributed by atoms with Gasteiger partial charge in [0.05, 0.1) is 4.92 Å². The number of nitro benzene ring substituents is 1. The quantitative estimate of drug-likeness (QED) is 0.665. The highest BCUT2D eigenvalue weighted by Crippen LogP contribution is 2.25. The molecule has 0 spiro atoms. The molecular weight excluding hydrogens is 261 g/mol. The van der Waals surface area contributed by atoms with Crippen LogP contribution in [0.5, 0.6) is 0 Å². The third-order valence-electron chi connectivity index (χ3n) is 3.76. The lowest BCUT2D eigenvalue weighted by molar-refractivity contribution is -0.384. The van der Waals surface area contributed by atoms with Gasteiger partial charge in [-0.1, -0.05) is 6.42 Å². The second kappa shape index (κ2) is 6.65. The minimum atomic E-state index is -0.493. The van der Waals surface area contributed by atoms with Crippen molar-refractivity contribution in [3.63, 3.8) is 0 Å². The van der Waals surface area contributed by atoms with E-state index >= 15 is 0 Å². The Hall–Kier alpha value is -1.69. The number of likely N-dealkylation sites (tertiary alicyclic amines) is 1. The van der Waals surface area contributed by atoms with E-state index in [2.05, 4.69) is 17.1 Å². The Labute approximate surface area is 117 Å². The molecule has 0 radical (unpaired) electrons. The highest BCUT2D eigenvalue weighted by molar-refractivity contribution is 5.61. The number of benzene rings is 1. The number of nitrogens with zero attached hydrogens (tertiary/aromatic N) is 2. The second-order valence-electron chi connectivity index (χ2n) is 5.25. The minimum Gasteiger partial charge on any atom is -0.378 e. The number of halogens is 1. The van der Waals surface area contributed by atoms with Gasteiger partial charge in [-0.25, -0.2) is 4.39 Å². The Bertz CT molecular complexity index is 475. The molecule has 1 N–H and O–H groups in total. The number of nitro groups is 1. The number of rotatable bonds is 5. The van der Waals surface area contributed by atoms with Gasteiger partial charge in [-0.3, -0.25) is 15.0 Å². The van der Waals surface area contributed by atoms with Crippen molar-refractivity contribution in [3.05, 3.63) is 34.1 Å². The van der Waals surface area contributed by atoms with Gasteiger partial charge >= 0.3 is 0 Å². The number of piperidine rings is 1. The molecule has 1 saturated heterocycles. The fraction of sp³-hybridized carbons (Fsp3) is 0.571. The zero-order chi connectivity index (χ0) is 14.5. The molecule has 1 unspecified atom stereocenters. The summed E-state index contributed by atoms with van der Waals surface area (Å²) in [4.78, 5) is 12.8. The summed E-state index contributed by atoms with van der Waals surface area (Å²) in [6.07, 6.45) is 3.67. The maximum absolute atomic E-state index is 13.2. The van der Waals surface area contributed by atoms with E-state index in [1.807, 2.05) is 0 Å². The predicted octanol–water partition coefficient (Wildman–Crippen LogP) is 3.02. The molecule has 20 heavy (non-hydrogen) atoms. The van der Waals surface area contributed by atoms with Crippen molar-refractivity contribution in [2.24, 2.45) is 0 Å². The van der Waals surface area contributed by atoms with E-state index in [0.29, 0.717) is 6.54 Å². The zero-order valence-electron chi connectivity index (χ0n) is 11.6. The van der Waals surface area contributed by atoms with Crippen LogP contribution in [0.15, 0.2) is 18.2 Å². The van der Waals surface area contributed by atoms with Crippen LogP contribution in [0, 0.1) is 15.9 Å². The van der Waals surface area contributed by atoms with Gasteiger partial charge < -0.3 is 5.32 Å². The van der Waals surface area contributed by atoms with Crippen LogP contribution in [-0.4, -0.2) is 35.5 Å². The van der Waals surface area contributed by atoms with Crippen LogP contribution in [-0.2, 0) is 0 Å². The molecule has 1 aromatic rings. The Morgan fingerprint density at radius 3 is 2.75 bits per heavy atom. The second-order valence-corrected chi connectivity index (χ2v) is 5.25. The molecule has 1 heterocycles. The maximum Gasteiger partial charge on any atom is 0.292 e. The molecule has 1 fully saturated rings. The van der Waals surface area contributed by atoms with E-state index in [9.17, 15) is 14.5 Å². The lowest BCUT2D eigenvalue weighted by Crippen LogP contribution is -2.41. The van der Waals surface area contributed by atoms with E-state index in [-0.39, 0.29) is 17.4 Å². The van der Waals surface area contributed by atoms with Crippen molar-refractivity contribution in [1.29, 1.82) is 0 Å². The predicted molar refractivity (Wildman–Crippen MR) is 76.4 cm³/mol. The first-order valence-electron chi connectivity index (χ1n) is 7.00. The monoisotopic (exact) mass is 281 g/mol. The molecule has 1 aliphatic rings. The van der Waals surface area contributed by atoms with Gasteiger partial charge in [0.2, 0.25) is 0 Å². The van der Waals surface area contributed by atoms with Crippen LogP contribution < -0.4 is 5.32 Å². The number of hydrogen-bond donors (Lipinski definition) is 1. The van der Waals surface area contributed by atoms with Crippen molar-refractivity contribution in [1.82, 2.24) is 4.90 Å². The van der Waals surface area contributed by atoms with E-state index < -0.39 is 10.7 Å². The number of nitrogens with one attached hydrogen (secondary N) is 1. The van der Waals surface area contributed by atoms with Gasteiger partial charge in [-0.05, 0) is 38.9 Å². The number of anilines is 1. The SMILES string of the molecule is CC(CNc1cc(F)ccc1[N+](=O)[O-])N1CCCCC1. The minimum absolute atomic E-state index is 0.0859. The summed E-state index contributed by atoms with van der Waals surface area (Å²) in [6.45, 7) is 4.79. The molecule has 0 amide bonds. The standard InChI is InChI=1S/C14H20FN3O2/c1-11(17-7-3-2-4-8-17)10-16-13-9-12(15)5-6-14(13)18(19)20/h5-6,9,11,16H,2-4,7-8,10H2,1H3. The van der Waals surface area contributed by atoms with Crippen LogP contribution in [0.4, 0.5) is 15.8 Å². The van der Waals surface area contributed by atoms with E-state index in [1.54, 1.807) is 0 Å². The van der Waals surface area contributed by atoms with Crippen LogP contribution >= 0.6 is 0 Å². The Balaban J connectivity index is 1.99. The highest BCUT2D eigenvalue weighted by Gasteiger charge is 2.19. The summed E-state index contributed by atoms with van der Waals surface area (Å²) >= 11 is 0. The Morgan fingerprint density at radius 1 is 1.40 bits per heavy atom. The molecule has 6 heteroatoms. The molecule has 5 nitrogen and oxygen atoms in total. The van der Waals surface area contributed by atoms with Gasteiger partial charge in [-0.15, -0.1) is 0 Å². The summed E-state index contributed by atoms with van der Waals surface area (Å²) in [5.74, 6) is -0.469. The van der Waals surface area contributed by atoms with E-state index in [4.69, 9.17) is 0 Å². The first-order chi connectivity index (χ1) is 9.58. The van der Waals surface area contributed by atoms with Crippen molar-refractivity contribution < 1.29 is 9.31 Å². The summed E-state index contributed by atoms with van der Waals surface area (Å²) in [6, 6.07) is 3.76. The van der Waals surface area contributed by atoms with E-state index in [0.717, 1.165) is 19.2 Å². The molecule has 0 saturated carbocycles. The Morgan fingerprint density at radius 2 is 2.10 bits per heavy atom. The van der Waals surface area contributed by atoms with Gasteiger partial charge in [-0.2, -0.15) is 0 Å². The lowest BCUT2D eigenvalue weighted by Gasteiger charge is -2.32. The first-order valence-corrected chi connectivity index (χ1v) is 7.00. The molecule has 0 aromatic heterocycles. The summed E-state index contributed by atoms with van der Waals surface area (Å²) in [5.41, 5.74) is 0.163. The third-order valence-corrected chi connectivity index (χ3v) is 3.76. The number of hydrogen-bond acceptors (Lipinski definition) is 4. The normalized spacial score (nSPS) is 17.7. The third kappa shape index (κ3) is 3.66. The van der Waals surface area contributed by atoms with Crippen molar-refractivity contribution in [2.45, 2.75) is 32.2 Å². The average Bonchev–Trinajstić information content (AvgIpc) is 2.45. The molecule has 1 aromatic carbocycles. The Kier molecular flexibility index (Phi) is 4.89. The fourth-order valence-corrected chi connectivity index (χ4v) is 2.55. The molecule has 110 valence electrons. The van der Waals surface area contributed by atoms with Crippen LogP contribution in [0.3, 0.4) is 0 Å². The van der Waals surface area contributed by atoms with Gasteiger partial charge in [0, 0.05) is 24.7 Å². The van der Waals surface area contributed by atoms with Gasteiger partial charge in [0.1, 0.15) is 11.5 Å². The highest BCUT2D eigenvalue weighted by atomic mass is 19.1. The molecule has 2 rings (SSSR count). The summed E-state index contributed by atoms with van der Waals surface area (Å²) in [7, 11) is 0. The lowest BCUT2D eigenvalue weighted by atomic mass is 10.1. The van der Waals surface area contributed by atoms with Gasteiger partial charge in [0.15, 0.2) is 0 Å². The molecule has 0 aliphatic carbocycles. The largest absolute Gasteiger partial charge is 0.378 e. The summed E-state index contributed by atoms with van der Waals surface area (Å²) in [5, 5.41) is 13.9. The fourth-order valence-electron chi connectivity index (χ4n) is 2.55. The summed E-state index contributed by atoms with van der Waals surface area (Å²) < 4.78 is 13.2. The van der Waals surface area contributed by atoms with Crippen molar-refractivity contribution in [2.75, 3.05) is 25.0 Å². The van der Waals surface area contributed by atoms with Crippen LogP contribution in [0.2, 0.25) is 0 Å². The molecule has 1 atom stereocenters. The molecular formula is C14H20FN3O2.